The van der Waals surface area contributed by atoms with Gasteiger partial charge in [0.1, 0.15) is 5.75 Å². The quantitative estimate of drug-likeness (QED) is 0.884. The fourth-order valence-electron chi connectivity index (χ4n) is 1.83. The van der Waals surface area contributed by atoms with Crippen LogP contribution in [0.25, 0.3) is 0 Å². The average molecular weight is 286 g/mol. The van der Waals surface area contributed by atoms with Gasteiger partial charge in [-0.25, -0.2) is 0 Å². The first-order valence-electron chi connectivity index (χ1n) is 6.78. The van der Waals surface area contributed by atoms with Crippen LogP contribution in [-0.4, -0.2) is 16.0 Å². The Bertz CT molecular complexity index is 611. The van der Waals surface area contributed by atoms with Gasteiger partial charge in [-0.15, -0.1) is 0 Å². The van der Waals surface area contributed by atoms with E-state index >= 15 is 0 Å². The number of nitrogens with one attached hydrogen (secondary N) is 1. The van der Waals surface area contributed by atoms with Crippen LogP contribution < -0.4 is 10.1 Å². The standard InChI is InChI=1S/C16H18N2O3/c1-3-15(20)13-9-8-12(10-17-13)21-16-7-5-4-6-14(16)18-11(2)19/h4-10,15,20H,3H2,1-2H3,(H,18,19)/t15-/m0/s1. The zero-order valence-corrected chi connectivity index (χ0v) is 12.0. The summed E-state index contributed by atoms with van der Waals surface area (Å²) < 4.78 is 5.72. The number of aromatic nitrogens is 1. The molecule has 1 aromatic heterocycles. The topological polar surface area (TPSA) is 71.5 Å². The second kappa shape index (κ2) is 6.85. The minimum absolute atomic E-state index is 0.161. The second-order valence-corrected chi connectivity index (χ2v) is 4.62. The van der Waals surface area contributed by atoms with E-state index in [1.54, 1.807) is 30.5 Å². The Morgan fingerprint density at radius 2 is 2.10 bits per heavy atom. The van der Waals surface area contributed by atoms with E-state index in [1.807, 2.05) is 19.1 Å². The van der Waals surface area contributed by atoms with Crippen LogP contribution in [0.3, 0.4) is 0 Å². The monoisotopic (exact) mass is 286 g/mol. The lowest BCUT2D eigenvalue weighted by Crippen LogP contribution is -2.06. The molecule has 2 aromatic rings. The van der Waals surface area contributed by atoms with Gasteiger partial charge in [0.25, 0.3) is 0 Å². The smallest absolute Gasteiger partial charge is 0.221 e. The molecule has 1 atom stereocenters. The van der Waals surface area contributed by atoms with Crippen LogP contribution in [0, 0.1) is 0 Å². The molecule has 110 valence electrons. The van der Waals surface area contributed by atoms with E-state index in [2.05, 4.69) is 10.3 Å². The minimum atomic E-state index is -0.564. The zero-order chi connectivity index (χ0) is 15.2. The van der Waals surface area contributed by atoms with Crippen molar-refractivity contribution in [3.05, 3.63) is 48.3 Å². The highest BCUT2D eigenvalue weighted by molar-refractivity contribution is 5.90. The lowest BCUT2D eigenvalue weighted by Gasteiger charge is -2.12. The lowest BCUT2D eigenvalue weighted by molar-refractivity contribution is -0.114. The van der Waals surface area contributed by atoms with Crippen molar-refractivity contribution in [2.45, 2.75) is 26.4 Å². The van der Waals surface area contributed by atoms with Gasteiger partial charge in [0.15, 0.2) is 5.75 Å². The van der Waals surface area contributed by atoms with Crippen LogP contribution in [0.4, 0.5) is 5.69 Å². The molecule has 0 unspecified atom stereocenters. The van der Waals surface area contributed by atoms with Crippen LogP contribution in [0.5, 0.6) is 11.5 Å². The zero-order valence-electron chi connectivity index (χ0n) is 12.0. The number of benzene rings is 1. The van der Waals surface area contributed by atoms with E-state index in [0.29, 0.717) is 29.3 Å². The molecule has 1 amide bonds. The summed E-state index contributed by atoms with van der Waals surface area (Å²) in [6, 6.07) is 10.6. The predicted molar refractivity (Wildman–Crippen MR) is 80.3 cm³/mol. The first-order chi connectivity index (χ1) is 10.1. The van der Waals surface area contributed by atoms with Crippen LogP contribution in [0.15, 0.2) is 42.6 Å². The molecule has 0 saturated carbocycles. The lowest BCUT2D eigenvalue weighted by atomic mass is 10.2. The van der Waals surface area contributed by atoms with Crippen molar-refractivity contribution in [1.29, 1.82) is 0 Å². The maximum Gasteiger partial charge on any atom is 0.221 e. The molecule has 2 N–H and O–H groups in total. The third-order valence-electron chi connectivity index (χ3n) is 2.91. The minimum Gasteiger partial charge on any atom is -0.454 e. The molecule has 0 spiro atoms. The number of anilines is 1. The summed E-state index contributed by atoms with van der Waals surface area (Å²) in [6.07, 6.45) is 1.60. The largest absolute Gasteiger partial charge is 0.454 e. The number of hydrogen-bond acceptors (Lipinski definition) is 4. The van der Waals surface area contributed by atoms with Gasteiger partial charge in [0.05, 0.1) is 23.7 Å². The fourth-order valence-corrected chi connectivity index (χ4v) is 1.83. The van der Waals surface area contributed by atoms with E-state index in [9.17, 15) is 9.90 Å². The summed E-state index contributed by atoms with van der Waals surface area (Å²) in [4.78, 5) is 15.3. The van der Waals surface area contributed by atoms with Crippen LogP contribution in [0.2, 0.25) is 0 Å². The number of rotatable bonds is 5. The number of carbonyl (C=O) groups excluding carboxylic acids is 1. The van der Waals surface area contributed by atoms with Crippen molar-refractivity contribution < 1.29 is 14.6 Å². The van der Waals surface area contributed by atoms with Crippen molar-refractivity contribution in [3.63, 3.8) is 0 Å². The highest BCUT2D eigenvalue weighted by Crippen LogP contribution is 2.29. The summed E-state index contributed by atoms with van der Waals surface area (Å²) in [7, 11) is 0. The maximum atomic E-state index is 11.2. The van der Waals surface area contributed by atoms with Gasteiger partial charge in [-0.2, -0.15) is 0 Å². The average Bonchev–Trinajstić information content (AvgIpc) is 2.49. The Kier molecular flexibility index (Phi) is 4.90. The highest BCUT2D eigenvalue weighted by atomic mass is 16.5. The fraction of sp³-hybridized carbons (Fsp3) is 0.250. The Hall–Kier alpha value is -2.40. The number of pyridine rings is 1. The number of carbonyl (C=O) groups is 1. The molecule has 1 aromatic carbocycles. The van der Waals surface area contributed by atoms with Gasteiger partial charge in [0.2, 0.25) is 5.91 Å². The van der Waals surface area contributed by atoms with Crippen LogP contribution in [0.1, 0.15) is 32.1 Å². The number of amides is 1. The van der Waals surface area contributed by atoms with E-state index in [-0.39, 0.29) is 5.91 Å². The van der Waals surface area contributed by atoms with Crippen molar-refractivity contribution in [2.24, 2.45) is 0 Å². The summed E-state index contributed by atoms with van der Waals surface area (Å²) >= 11 is 0. The van der Waals surface area contributed by atoms with Crippen molar-refractivity contribution >= 4 is 11.6 Å². The molecule has 0 aliphatic rings. The molecule has 0 fully saturated rings. The van der Waals surface area contributed by atoms with Gasteiger partial charge in [-0.05, 0) is 30.7 Å². The molecule has 0 bridgehead atoms. The summed E-state index contributed by atoms with van der Waals surface area (Å²) in [6.45, 7) is 3.33. The van der Waals surface area contributed by atoms with Gasteiger partial charge in [0, 0.05) is 6.92 Å². The Balaban J connectivity index is 2.16. The van der Waals surface area contributed by atoms with Crippen molar-refractivity contribution in [3.8, 4) is 11.5 Å². The number of aliphatic hydroxyl groups is 1. The number of nitrogens with zero attached hydrogens (tertiary/aromatic N) is 1. The molecule has 5 heteroatoms. The molecule has 21 heavy (non-hydrogen) atoms. The maximum absolute atomic E-state index is 11.2. The van der Waals surface area contributed by atoms with Gasteiger partial charge >= 0.3 is 0 Å². The Morgan fingerprint density at radius 3 is 2.71 bits per heavy atom. The first-order valence-corrected chi connectivity index (χ1v) is 6.78. The van der Waals surface area contributed by atoms with Crippen molar-refractivity contribution in [1.82, 2.24) is 4.98 Å². The highest BCUT2D eigenvalue weighted by Gasteiger charge is 2.08. The predicted octanol–water partition coefficient (Wildman–Crippen LogP) is 3.28. The molecule has 0 radical (unpaired) electrons. The Morgan fingerprint density at radius 1 is 1.33 bits per heavy atom. The van der Waals surface area contributed by atoms with Gasteiger partial charge in [-0.1, -0.05) is 19.1 Å². The van der Waals surface area contributed by atoms with Crippen molar-refractivity contribution in [2.75, 3.05) is 5.32 Å². The van der Waals surface area contributed by atoms with E-state index in [1.165, 1.54) is 6.92 Å². The summed E-state index contributed by atoms with van der Waals surface area (Å²) in [5.74, 6) is 0.920. The number of para-hydroxylation sites is 2. The summed E-state index contributed by atoms with van der Waals surface area (Å²) in [5, 5.41) is 12.4. The number of aliphatic hydroxyl groups excluding tert-OH is 1. The Labute approximate surface area is 123 Å². The molecule has 5 nitrogen and oxygen atoms in total. The molecule has 0 aliphatic carbocycles. The molecule has 0 aliphatic heterocycles. The third kappa shape index (κ3) is 4.03. The van der Waals surface area contributed by atoms with E-state index in [0.717, 1.165) is 0 Å². The molecular weight excluding hydrogens is 268 g/mol. The first kappa shape index (κ1) is 15.0. The van der Waals surface area contributed by atoms with E-state index in [4.69, 9.17) is 4.74 Å². The molecule has 0 saturated heterocycles. The number of hydrogen-bond donors (Lipinski definition) is 2. The SMILES string of the molecule is CC[C@H](O)c1ccc(Oc2ccccc2NC(C)=O)cn1. The molecule has 1 heterocycles. The second-order valence-electron chi connectivity index (χ2n) is 4.62. The van der Waals surface area contributed by atoms with Gasteiger partial charge in [-0.3, -0.25) is 9.78 Å². The third-order valence-corrected chi connectivity index (χ3v) is 2.91. The summed E-state index contributed by atoms with van der Waals surface area (Å²) in [5.41, 5.74) is 1.21. The van der Waals surface area contributed by atoms with E-state index < -0.39 is 6.10 Å². The number of ether oxygens (including phenoxy) is 1. The van der Waals surface area contributed by atoms with Crippen LogP contribution in [-0.2, 0) is 4.79 Å². The molecule has 2 rings (SSSR count). The van der Waals surface area contributed by atoms with Gasteiger partial charge < -0.3 is 15.2 Å². The molecular formula is C16H18N2O3. The van der Waals surface area contributed by atoms with Crippen LogP contribution >= 0.6 is 0 Å². The normalized spacial score (nSPS) is 11.8.